The van der Waals surface area contributed by atoms with Gasteiger partial charge in [-0.25, -0.2) is 4.98 Å². The van der Waals surface area contributed by atoms with Gasteiger partial charge in [0.25, 0.3) is 0 Å². The van der Waals surface area contributed by atoms with Crippen molar-refractivity contribution in [2.45, 2.75) is 19.3 Å². The number of nitrogens with zero attached hydrogens (tertiary/aromatic N) is 1. The van der Waals surface area contributed by atoms with Gasteiger partial charge in [0.1, 0.15) is 11.6 Å². The molecular formula is C18H21N3O2. The van der Waals surface area contributed by atoms with E-state index in [9.17, 15) is 4.79 Å². The summed E-state index contributed by atoms with van der Waals surface area (Å²) in [5.41, 5.74) is 1.91. The number of hydrogen-bond donors (Lipinski definition) is 2. The highest BCUT2D eigenvalue weighted by atomic mass is 16.5. The molecule has 0 atom stereocenters. The Morgan fingerprint density at radius 1 is 1.26 bits per heavy atom. The number of hydrogen-bond acceptors (Lipinski definition) is 4. The lowest BCUT2D eigenvalue weighted by Crippen LogP contribution is -2.13. The number of para-hydroxylation sites is 1. The third-order valence-corrected chi connectivity index (χ3v) is 3.87. The first-order valence-electron chi connectivity index (χ1n) is 7.89. The molecule has 0 spiro atoms. The van der Waals surface area contributed by atoms with Crippen LogP contribution >= 0.6 is 0 Å². The van der Waals surface area contributed by atoms with E-state index in [-0.39, 0.29) is 11.8 Å². The molecule has 5 nitrogen and oxygen atoms in total. The Kier molecular flexibility index (Phi) is 4.76. The number of rotatable bonds is 7. The molecule has 0 radical (unpaired) electrons. The summed E-state index contributed by atoms with van der Waals surface area (Å²) >= 11 is 0. The summed E-state index contributed by atoms with van der Waals surface area (Å²) in [5.74, 6) is 2.00. The molecule has 120 valence electrons. The minimum atomic E-state index is 0.101. The average molecular weight is 311 g/mol. The van der Waals surface area contributed by atoms with Crippen LogP contribution in [0.15, 0.2) is 42.6 Å². The number of anilines is 2. The smallest absolute Gasteiger partial charge is 0.227 e. The van der Waals surface area contributed by atoms with Crippen molar-refractivity contribution in [2.75, 3.05) is 24.3 Å². The number of ether oxygens (including phenoxy) is 1. The topological polar surface area (TPSA) is 63.2 Å². The van der Waals surface area contributed by atoms with E-state index < -0.39 is 0 Å². The first kappa shape index (κ1) is 15.3. The number of carbonyl (C=O) groups is 1. The zero-order valence-corrected chi connectivity index (χ0v) is 13.2. The van der Waals surface area contributed by atoms with Crippen LogP contribution in [-0.2, 0) is 11.2 Å². The maximum atomic E-state index is 11.7. The molecule has 23 heavy (non-hydrogen) atoms. The third-order valence-electron chi connectivity index (χ3n) is 3.87. The van der Waals surface area contributed by atoms with Crippen molar-refractivity contribution in [2.24, 2.45) is 5.92 Å². The lowest BCUT2D eigenvalue weighted by molar-refractivity contribution is -0.117. The van der Waals surface area contributed by atoms with Gasteiger partial charge in [-0.3, -0.25) is 4.79 Å². The Morgan fingerprint density at radius 3 is 2.78 bits per heavy atom. The highest BCUT2D eigenvalue weighted by molar-refractivity contribution is 5.93. The van der Waals surface area contributed by atoms with Gasteiger partial charge in [0, 0.05) is 12.5 Å². The first-order valence-corrected chi connectivity index (χ1v) is 7.89. The lowest BCUT2D eigenvalue weighted by atomic mass is 10.1. The second kappa shape index (κ2) is 7.13. The number of carbonyl (C=O) groups excluding carboxylic acids is 1. The summed E-state index contributed by atoms with van der Waals surface area (Å²) in [6.45, 7) is 0.765. The van der Waals surface area contributed by atoms with Crippen LogP contribution in [0.5, 0.6) is 5.75 Å². The fourth-order valence-corrected chi connectivity index (χ4v) is 2.40. The molecule has 1 aliphatic carbocycles. The van der Waals surface area contributed by atoms with Crippen LogP contribution in [-0.4, -0.2) is 24.5 Å². The van der Waals surface area contributed by atoms with E-state index in [1.807, 2.05) is 30.3 Å². The standard InChI is InChI=1S/C18H21N3O2/c1-23-16-5-3-2-4-13(16)10-11-19-17-9-8-15(12-20-17)21-18(22)14-6-7-14/h2-5,8-9,12,14H,6-7,10-11H2,1H3,(H,19,20)(H,21,22). The Morgan fingerprint density at radius 2 is 2.09 bits per heavy atom. The van der Waals surface area contributed by atoms with Crippen molar-refractivity contribution < 1.29 is 9.53 Å². The minimum absolute atomic E-state index is 0.101. The fourth-order valence-electron chi connectivity index (χ4n) is 2.40. The van der Waals surface area contributed by atoms with Gasteiger partial charge in [0.15, 0.2) is 0 Å². The molecule has 0 saturated heterocycles. The van der Waals surface area contributed by atoms with E-state index in [1.54, 1.807) is 13.3 Å². The number of benzene rings is 1. The Balaban J connectivity index is 1.49. The zero-order valence-electron chi connectivity index (χ0n) is 13.2. The molecule has 2 aromatic rings. The second-order valence-corrected chi connectivity index (χ2v) is 5.68. The molecule has 0 unspecified atom stereocenters. The summed E-state index contributed by atoms with van der Waals surface area (Å²) in [5, 5.41) is 6.16. The van der Waals surface area contributed by atoms with Crippen molar-refractivity contribution in [3.63, 3.8) is 0 Å². The predicted molar refractivity (Wildman–Crippen MR) is 90.8 cm³/mol. The van der Waals surface area contributed by atoms with Crippen LogP contribution in [0.4, 0.5) is 11.5 Å². The predicted octanol–water partition coefficient (Wildman–Crippen LogP) is 3.09. The number of methoxy groups -OCH3 is 1. The quantitative estimate of drug-likeness (QED) is 0.825. The normalized spacial score (nSPS) is 13.4. The monoisotopic (exact) mass is 311 g/mol. The second-order valence-electron chi connectivity index (χ2n) is 5.68. The van der Waals surface area contributed by atoms with E-state index in [1.165, 1.54) is 0 Å². The van der Waals surface area contributed by atoms with Gasteiger partial charge in [-0.15, -0.1) is 0 Å². The van der Waals surface area contributed by atoms with Crippen LogP contribution < -0.4 is 15.4 Å². The first-order chi connectivity index (χ1) is 11.3. The van der Waals surface area contributed by atoms with Gasteiger partial charge >= 0.3 is 0 Å². The summed E-state index contributed by atoms with van der Waals surface area (Å²) in [7, 11) is 1.68. The maximum Gasteiger partial charge on any atom is 0.227 e. The lowest BCUT2D eigenvalue weighted by Gasteiger charge is -2.10. The van der Waals surface area contributed by atoms with Crippen molar-refractivity contribution in [3.8, 4) is 5.75 Å². The molecule has 1 aliphatic rings. The summed E-state index contributed by atoms with van der Waals surface area (Å²) < 4.78 is 5.34. The molecule has 1 heterocycles. The van der Waals surface area contributed by atoms with Crippen LogP contribution in [0.3, 0.4) is 0 Å². The molecule has 0 aliphatic heterocycles. The van der Waals surface area contributed by atoms with E-state index in [2.05, 4.69) is 21.7 Å². The minimum Gasteiger partial charge on any atom is -0.496 e. The summed E-state index contributed by atoms with van der Waals surface area (Å²) in [4.78, 5) is 16.0. The van der Waals surface area contributed by atoms with Crippen LogP contribution in [0, 0.1) is 5.92 Å². The van der Waals surface area contributed by atoms with Gasteiger partial charge in [0.2, 0.25) is 5.91 Å². The van der Waals surface area contributed by atoms with E-state index >= 15 is 0 Å². The van der Waals surface area contributed by atoms with Gasteiger partial charge < -0.3 is 15.4 Å². The van der Waals surface area contributed by atoms with Gasteiger partial charge in [0.05, 0.1) is 19.0 Å². The Hall–Kier alpha value is -2.56. The third kappa shape index (κ3) is 4.22. The van der Waals surface area contributed by atoms with E-state index in [0.29, 0.717) is 0 Å². The molecule has 1 amide bonds. The number of amides is 1. The van der Waals surface area contributed by atoms with Crippen molar-refractivity contribution in [3.05, 3.63) is 48.2 Å². The number of aromatic nitrogens is 1. The molecule has 2 N–H and O–H groups in total. The summed E-state index contributed by atoms with van der Waals surface area (Å²) in [6, 6.07) is 11.7. The molecule has 3 rings (SSSR count). The summed E-state index contributed by atoms with van der Waals surface area (Å²) in [6.07, 6.45) is 4.54. The molecule has 1 saturated carbocycles. The molecule has 5 heteroatoms. The van der Waals surface area contributed by atoms with Crippen LogP contribution in [0.1, 0.15) is 18.4 Å². The average Bonchev–Trinajstić information content (AvgIpc) is 3.42. The molecular weight excluding hydrogens is 290 g/mol. The largest absolute Gasteiger partial charge is 0.496 e. The van der Waals surface area contributed by atoms with Crippen LogP contribution in [0.25, 0.3) is 0 Å². The number of pyridine rings is 1. The zero-order chi connectivity index (χ0) is 16.1. The number of nitrogens with one attached hydrogen (secondary N) is 2. The highest BCUT2D eigenvalue weighted by Crippen LogP contribution is 2.30. The van der Waals surface area contributed by atoms with Crippen molar-refractivity contribution >= 4 is 17.4 Å². The highest BCUT2D eigenvalue weighted by Gasteiger charge is 2.29. The SMILES string of the molecule is COc1ccccc1CCNc1ccc(NC(=O)C2CC2)cn1. The Bertz CT molecular complexity index is 666. The molecule has 0 bridgehead atoms. The maximum absolute atomic E-state index is 11.7. The van der Waals surface area contributed by atoms with Gasteiger partial charge in [-0.05, 0) is 43.0 Å². The van der Waals surface area contributed by atoms with Gasteiger partial charge in [-0.2, -0.15) is 0 Å². The van der Waals surface area contributed by atoms with Crippen LogP contribution in [0.2, 0.25) is 0 Å². The van der Waals surface area contributed by atoms with Crippen molar-refractivity contribution in [1.82, 2.24) is 4.98 Å². The van der Waals surface area contributed by atoms with Gasteiger partial charge in [-0.1, -0.05) is 18.2 Å². The van der Waals surface area contributed by atoms with E-state index in [0.717, 1.165) is 48.6 Å². The fraction of sp³-hybridized carbons (Fsp3) is 0.333. The molecule has 1 aromatic carbocycles. The van der Waals surface area contributed by atoms with Crippen molar-refractivity contribution in [1.29, 1.82) is 0 Å². The van der Waals surface area contributed by atoms with E-state index in [4.69, 9.17) is 4.74 Å². The Labute approximate surface area is 136 Å². The molecule has 1 aromatic heterocycles. The molecule has 1 fully saturated rings.